The molecule has 0 amide bonds. The summed E-state index contributed by atoms with van der Waals surface area (Å²) in [5.41, 5.74) is 0.664. The van der Waals surface area contributed by atoms with Gasteiger partial charge in [-0.2, -0.15) is 13.2 Å². The Bertz CT molecular complexity index is 1080. The number of nitrogens with zero attached hydrogens (tertiary/aromatic N) is 5. The number of likely N-dealkylation sites (tertiary alicyclic amines) is 1. The maximum absolute atomic E-state index is 12.9. The lowest BCUT2D eigenvalue weighted by atomic mass is 10.1. The van der Waals surface area contributed by atoms with Crippen LogP contribution in [0.3, 0.4) is 0 Å². The van der Waals surface area contributed by atoms with Crippen LogP contribution in [0.1, 0.15) is 40.0 Å². The van der Waals surface area contributed by atoms with E-state index in [1.807, 2.05) is 11.6 Å². The van der Waals surface area contributed by atoms with Crippen molar-refractivity contribution in [2.75, 3.05) is 13.1 Å². The average molecular weight is 405 g/mol. The summed E-state index contributed by atoms with van der Waals surface area (Å²) in [6.07, 6.45) is -2.68. The Kier molecular flexibility index (Phi) is 4.73. The zero-order valence-electron chi connectivity index (χ0n) is 15.5. The molecular weight excluding hydrogens is 387 g/mol. The molecule has 10 heteroatoms. The van der Waals surface area contributed by atoms with Gasteiger partial charge in [0, 0.05) is 25.7 Å². The number of aromatic nitrogens is 4. The van der Waals surface area contributed by atoms with E-state index in [0.29, 0.717) is 31.6 Å². The average Bonchev–Trinajstić information content (AvgIpc) is 3.26. The minimum atomic E-state index is -4.49. The Morgan fingerprint density at radius 1 is 1.28 bits per heavy atom. The fourth-order valence-electron chi connectivity index (χ4n) is 3.64. The molecular formula is C19H18F3N5O2. The molecule has 1 aliphatic heterocycles. The lowest BCUT2D eigenvalue weighted by Gasteiger charge is -2.15. The first-order chi connectivity index (χ1) is 13.7. The monoisotopic (exact) mass is 405 g/mol. The molecule has 1 fully saturated rings. The maximum atomic E-state index is 12.9. The van der Waals surface area contributed by atoms with Crippen LogP contribution in [0.5, 0.6) is 0 Å². The molecule has 29 heavy (non-hydrogen) atoms. The van der Waals surface area contributed by atoms with E-state index in [1.165, 1.54) is 12.1 Å². The summed E-state index contributed by atoms with van der Waals surface area (Å²) >= 11 is 0. The molecule has 7 nitrogen and oxygen atoms in total. The molecule has 2 aromatic heterocycles. The highest BCUT2D eigenvalue weighted by molar-refractivity contribution is 5.92. The van der Waals surface area contributed by atoms with Crippen molar-refractivity contribution in [3.63, 3.8) is 0 Å². The molecule has 1 N–H and O–H groups in total. The number of fused-ring (bicyclic) bond motifs is 1. The van der Waals surface area contributed by atoms with Crippen molar-refractivity contribution in [2.24, 2.45) is 7.05 Å². The van der Waals surface area contributed by atoms with Gasteiger partial charge in [0.15, 0.2) is 0 Å². The summed E-state index contributed by atoms with van der Waals surface area (Å²) < 4.78 is 40.6. The van der Waals surface area contributed by atoms with E-state index in [9.17, 15) is 18.0 Å². The molecule has 1 aromatic carbocycles. The normalized spacial score (nSPS) is 17.9. The predicted molar refractivity (Wildman–Crippen MR) is 97.3 cm³/mol. The van der Waals surface area contributed by atoms with Crippen LogP contribution in [0.25, 0.3) is 11.0 Å². The van der Waals surface area contributed by atoms with E-state index >= 15 is 0 Å². The van der Waals surface area contributed by atoms with Crippen molar-refractivity contribution >= 4 is 17.0 Å². The second-order valence-corrected chi connectivity index (χ2v) is 7.11. The van der Waals surface area contributed by atoms with E-state index in [-0.39, 0.29) is 17.3 Å². The van der Waals surface area contributed by atoms with Crippen molar-refractivity contribution in [3.05, 3.63) is 53.4 Å². The topological polar surface area (TPSA) is 84.1 Å². The molecule has 4 rings (SSSR count). The van der Waals surface area contributed by atoms with Crippen LogP contribution in [0.4, 0.5) is 13.2 Å². The van der Waals surface area contributed by atoms with Gasteiger partial charge in [-0.3, -0.25) is 4.90 Å². The number of imidazole rings is 1. The fourth-order valence-corrected chi connectivity index (χ4v) is 3.64. The van der Waals surface area contributed by atoms with Crippen LogP contribution in [0.15, 0.2) is 30.5 Å². The molecule has 1 unspecified atom stereocenters. The minimum Gasteiger partial charge on any atom is -0.478 e. The van der Waals surface area contributed by atoms with Crippen molar-refractivity contribution < 1.29 is 23.1 Å². The Labute approximate surface area is 163 Å². The smallest absolute Gasteiger partial charge is 0.433 e. The third kappa shape index (κ3) is 3.80. The third-order valence-electron chi connectivity index (χ3n) is 5.19. The van der Waals surface area contributed by atoms with Gasteiger partial charge in [-0.15, -0.1) is 0 Å². The zero-order valence-corrected chi connectivity index (χ0v) is 15.5. The lowest BCUT2D eigenvalue weighted by Crippen LogP contribution is -2.22. The lowest BCUT2D eigenvalue weighted by molar-refractivity contribution is -0.141. The number of alkyl halides is 3. The summed E-state index contributed by atoms with van der Waals surface area (Å²) in [5.74, 6) is -0.222. The van der Waals surface area contributed by atoms with E-state index in [2.05, 4.69) is 19.9 Å². The Morgan fingerprint density at radius 2 is 2.07 bits per heavy atom. The van der Waals surface area contributed by atoms with Gasteiger partial charge in [0.05, 0.1) is 23.1 Å². The molecule has 0 aliphatic carbocycles. The van der Waals surface area contributed by atoms with Crippen LogP contribution >= 0.6 is 0 Å². The van der Waals surface area contributed by atoms with E-state index < -0.39 is 17.8 Å². The number of rotatable bonds is 4. The highest BCUT2D eigenvalue weighted by atomic mass is 19.4. The predicted octanol–water partition coefficient (Wildman–Crippen LogP) is 3.07. The largest absolute Gasteiger partial charge is 0.478 e. The van der Waals surface area contributed by atoms with Gasteiger partial charge in [-0.1, -0.05) is 0 Å². The Morgan fingerprint density at radius 3 is 2.79 bits per heavy atom. The third-order valence-corrected chi connectivity index (χ3v) is 5.19. The highest BCUT2D eigenvalue weighted by Gasteiger charge is 2.34. The Hall–Kier alpha value is -3.01. The number of carboxylic acid groups (broad SMARTS) is 1. The molecule has 0 radical (unpaired) electrons. The number of halogens is 3. The van der Waals surface area contributed by atoms with Crippen LogP contribution in [0.2, 0.25) is 0 Å². The highest BCUT2D eigenvalue weighted by Crippen LogP contribution is 2.31. The summed E-state index contributed by atoms with van der Waals surface area (Å²) in [5, 5.41) is 9.13. The van der Waals surface area contributed by atoms with Crippen LogP contribution < -0.4 is 0 Å². The van der Waals surface area contributed by atoms with Crippen LogP contribution in [-0.2, 0) is 19.8 Å². The first kappa shape index (κ1) is 19.3. The van der Waals surface area contributed by atoms with Crippen LogP contribution in [0, 0.1) is 0 Å². The standard InChI is InChI=1S/C19H18F3N5O2/c1-26-14-3-2-11(18(28)29)8-13(14)24-16(26)10-27-7-5-12(9-27)17-23-6-4-15(25-17)19(20,21)22/h2-4,6,8,12H,5,7,9-10H2,1H3,(H,28,29). The summed E-state index contributed by atoms with van der Waals surface area (Å²) in [7, 11) is 1.86. The summed E-state index contributed by atoms with van der Waals surface area (Å²) in [4.78, 5) is 25.5. The summed E-state index contributed by atoms with van der Waals surface area (Å²) in [6.45, 7) is 1.72. The maximum Gasteiger partial charge on any atom is 0.433 e. The molecule has 1 aliphatic rings. The SMILES string of the molecule is Cn1c(CN2CCC(c3nccc(C(F)(F)F)n3)C2)nc2cc(C(=O)O)ccc21. The van der Waals surface area contributed by atoms with Gasteiger partial charge in [0.2, 0.25) is 0 Å². The summed E-state index contributed by atoms with van der Waals surface area (Å²) in [6, 6.07) is 5.66. The van der Waals surface area contributed by atoms with Crippen molar-refractivity contribution in [1.29, 1.82) is 0 Å². The van der Waals surface area contributed by atoms with Gasteiger partial charge in [-0.25, -0.2) is 19.7 Å². The van der Waals surface area contributed by atoms with Gasteiger partial charge in [-0.05, 0) is 37.2 Å². The second kappa shape index (κ2) is 7.11. The molecule has 1 atom stereocenters. The van der Waals surface area contributed by atoms with Gasteiger partial charge in [0.25, 0.3) is 0 Å². The number of aryl methyl sites for hydroxylation is 1. The quantitative estimate of drug-likeness (QED) is 0.718. The molecule has 0 spiro atoms. The Balaban J connectivity index is 1.51. The van der Waals surface area contributed by atoms with E-state index in [4.69, 9.17) is 5.11 Å². The van der Waals surface area contributed by atoms with Gasteiger partial charge < -0.3 is 9.67 Å². The van der Waals surface area contributed by atoms with Crippen molar-refractivity contribution in [3.8, 4) is 0 Å². The number of carboxylic acids is 1. The van der Waals surface area contributed by atoms with E-state index in [1.54, 1.807) is 6.07 Å². The minimum absolute atomic E-state index is 0.171. The number of hydrogen-bond donors (Lipinski definition) is 1. The second-order valence-electron chi connectivity index (χ2n) is 7.11. The first-order valence-corrected chi connectivity index (χ1v) is 9.03. The van der Waals surface area contributed by atoms with Crippen molar-refractivity contribution in [1.82, 2.24) is 24.4 Å². The van der Waals surface area contributed by atoms with Crippen LogP contribution in [-0.4, -0.2) is 48.6 Å². The number of benzene rings is 1. The molecule has 152 valence electrons. The molecule has 1 saturated heterocycles. The number of carbonyl (C=O) groups is 1. The van der Waals surface area contributed by atoms with Gasteiger partial charge >= 0.3 is 12.1 Å². The zero-order chi connectivity index (χ0) is 20.8. The van der Waals surface area contributed by atoms with E-state index in [0.717, 1.165) is 23.6 Å². The first-order valence-electron chi connectivity index (χ1n) is 9.03. The number of aromatic carboxylic acids is 1. The molecule has 3 aromatic rings. The fraction of sp³-hybridized carbons (Fsp3) is 0.368. The molecule has 0 bridgehead atoms. The van der Waals surface area contributed by atoms with Crippen molar-refractivity contribution in [2.45, 2.75) is 25.1 Å². The van der Waals surface area contributed by atoms with Gasteiger partial charge in [0.1, 0.15) is 17.3 Å². The molecule has 0 saturated carbocycles. The number of hydrogen-bond acceptors (Lipinski definition) is 5. The molecule has 3 heterocycles.